The third-order valence-electron chi connectivity index (χ3n) is 4.47. The van der Waals surface area contributed by atoms with E-state index in [1.54, 1.807) is 30.3 Å². The van der Waals surface area contributed by atoms with Gasteiger partial charge in [-0.05, 0) is 78.6 Å². The average Bonchev–Trinajstić information content (AvgIpc) is 3.02. The first-order valence-corrected chi connectivity index (χ1v) is 9.23. The topological polar surface area (TPSA) is 25.0 Å². The molecule has 1 N–H and O–H groups in total. The number of aromatic amines is 1. The second-order valence-corrected chi connectivity index (χ2v) is 7.30. The van der Waals surface area contributed by atoms with Crippen LogP contribution in [0.2, 0.25) is 10.0 Å². The van der Waals surface area contributed by atoms with Crippen molar-refractivity contribution in [2.75, 3.05) is 0 Å². The maximum atomic E-state index is 13.8. The van der Waals surface area contributed by atoms with E-state index in [0.29, 0.717) is 28.0 Å². The number of hydrogen-bond acceptors (Lipinski definition) is 1. The summed E-state index contributed by atoms with van der Waals surface area (Å²) in [5.41, 5.74) is 3.89. The molecule has 0 aliphatic heterocycles. The van der Waals surface area contributed by atoms with Crippen LogP contribution >= 0.6 is 23.2 Å². The van der Waals surface area contributed by atoms with E-state index in [0.717, 1.165) is 27.6 Å². The van der Waals surface area contributed by atoms with Gasteiger partial charge in [0.1, 0.15) is 17.3 Å². The Morgan fingerprint density at radius 2 is 1.78 bits per heavy atom. The van der Waals surface area contributed by atoms with Gasteiger partial charge < -0.3 is 9.72 Å². The van der Waals surface area contributed by atoms with Crippen LogP contribution < -0.4 is 4.74 Å². The Hall–Kier alpha value is -2.49. The minimum Gasteiger partial charge on any atom is -0.456 e. The van der Waals surface area contributed by atoms with Crippen molar-refractivity contribution in [1.82, 2.24) is 4.98 Å². The lowest BCUT2D eigenvalue weighted by molar-refractivity contribution is 0.483. The normalized spacial score (nSPS) is 11.1. The van der Waals surface area contributed by atoms with Crippen LogP contribution in [0.25, 0.3) is 10.9 Å². The van der Waals surface area contributed by atoms with E-state index in [2.05, 4.69) is 4.98 Å². The summed E-state index contributed by atoms with van der Waals surface area (Å²) < 4.78 is 19.6. The van der Waals surface area contributed by atoms with Gasteiger partial charge in [-0.1, -0.05) is 29.3 Å². The van der Waals surface area contributed by atoms with Gasteiger partial charge in [0.2, 0.25) is 0 Å². The average molecular weight is 400 g/mol. The third-order valence-corrected chi connectivity index (χ3v) is 5.02. The largest absolute Gasteiger partial charge is 0.456 e. The van der Waals surface area contributed by atoms with E-state index in [4.69, 9.17) is 27.9 Å². The lowest BCUT2D eigenvalue weighted by Gasteiger charge is -2.09. The highest BCUT2D eigenvalue weighted by atomic mass is 35.5. The number of benzene rings is 3. The number of fused-ring (bicyclic) bond motifs is 1. The molecule has 0 saturated carbocycles. The van der Waals surface area contributed by atoms with Crippen molar-refractivity contribution in [2.24, 2.45) is 0 Å². The van der Waals surface area contributed by atoms with Crippen LogP contribution in [0.1, 0.15) is 16.7 Å². The van der Waals surface area contributed by atoms with Crippen molar-refractivity contribution in [3.63, 3.8) is 0 Å². The molecule has 4 rings (SSSR count). The monoisotopic (exact) mass is 399 g/mol. The van der Waals surface area contributed by atoms with E-state index in [1.807, 2.05) is 31.3 Å². The van der Waals surface area contributed by atoms with E-state index in [1.165, 1.54) is 6.07 Å². The minimum atomic E-state index is -0.231. The molecule has 3 aromatic carbocycles. The van der Waals surface area contributed by atoms with Crippen LogP contribution in [-0.4, -0.2) is 4.98 Å². The molecular formula is C22H16Cl2FNO. The summed E-state index contributed by atoms with van der Waals surface area (Å²) in [6.07, 6.45) is 2.56. The zero-order chi connectivity index (χ0) is 19.0. The fourth-order valence-electron chi connectivity index (χ4n) is 3.16. The molecule has 1 aromatic heterocycles. The fraction of sp³-hybridized carbons (Fsp3) is 0.0909. The predicted molar refractivity (Wildman–Crippen MR) is 109 cm³/mol. The van der Waals surface area contributed by atoms with Crippen molar-refractivity contribution in [1.29, 1.82) is 0 Å². The van der Waals surface area contributed by atoms with Gasteiger partial charge in [-0.25, -0.2) is 4.39 Å². The van der Waals surface area contributed by atoms with Gasteiger partial charge in [0.05, 0.1) is 5.02 Å². The van der Waals surface area contributed by atoms with Crippen LogP contribution in [-0.2, 0) is 6.42 Å². The quantitative estimate of drug-likeness (QED) is 0.382. The maximum absolute atomic E-state index is 13.8. The summed E-state index contributed by atoms with van der Waals surface area (Å²) in [5.74, 6) is 1.01. The molecule has 136 valence electrons. The van der Waals surface area contributed by atoms with Crippen molar-refractivity contribution >= 4 is 34.1 Å². The van der Waals surface area contributed by atoms with Gasteiger partial charge in [-0.15, -0.1) is 0 Å². The summed E-state index contributed by atoms with van der Waals surface area (Å²) in [7, 11) is 0. The zero-order valence-electron chi connectivity index (χ0n) is 14.5. The minimum absolute atomic E-state index is 0.231. The van der Waals surface area contributed by atoms with E-state index in [9.17, 15) is 4.39 Å². The van der Waals surface area contributed by atoms with Gasteiger partial charge >= 0.3 is 0 Å². The van der Waals surface area contributed by atoms with Crippen LogP contribution in [0.5, 0.6) is 11.5 Å². The fourth-order valence-corrected chi connectivity index (χ4v) is 3.53. The van der Waals surface area contributed by atoms with Crippen molar-refractivity contribution in [3.05, 3.63) is 93.3 Å². The molecule has 0 aliphatic carbocycles. The van der Waals surface area contributed by atoms with Gasteiger partial charge in [0.15, 0.2) is 0 Å². The van der Waals surface area contributed by atoms with Crippen LogP contribution in [0.3, 0.4) is 0 Å². The summed E-state index contributed by atoms with van der Waals surface area (Å²) in [4.78, 5) is 3.23. The summed E-state index contributed by atoms with van der Waals surface area (Å²) >= 11 is 12.3. The van der Waals surface area contributed by atoms with Crippen LogP contribution in [0.4, 0.5) is 4.39 Å². The molecule has 0 bridgehead atoms. The molecule has 0 spiro atoms. The maximum Gasteiger partial charge on any atom is 0.146 e. The van der Waals surface area contributed by atoms with Gasteiger partial charge in [-0.2, -0.15) is 0 Å². The first kappa shape index (κ1) is 17.9. The molecule has 0 saturated heterocycles. The van der Waals surface area contributed by atoms with Gasteiger partial charge in [0.25, 0.3) is 0 Å². The third kappa shape index (κ3) is 3.80. The lowest BCUT2D eigenvalue weighted by atomic mass is 10.0. The Balaban J connectivity index is 1.59. The highest BCUT2D eigenvalue weighted by Crippen LogP contribution is 2.32. The predicted octanol–water partition coefficient (Wildman–Crippen LogP) is 7.31. The second-order valence-electron chi connectivity index (χ2n) is 6.46. The number of nitrogens with one attached hydrogen (secondary N) is 1. The number of ether oxygens (including phenoxy) is 1. The van der Waals surface area contributed by atoms with Gasteiger partial charge in [0, 0.05) is 22.1 Å². The Bertz CT molecular complexity index is 1120. The van der Waals surface area contributed by atoms with E-state index in [-0.39, 0.29) is 5.82 Å². The zero-order valence-corrected chi connectivity index (χ0v) is 16.0. The Morgan fingerprint density at radius 3 is 2.52 bits per heavy atom. The lowest BCUT2D eigenvalue weighted by Crippen LogP contribution is -1.90. The highest BCUT2D eigenvalue weighted by Gasteiger charge is 2.10. The molecule has 0 fully saturated rings. The molecule has 4 aromatic rings. The van der Waals surface area contributed by atoms with E-state index >= 15 is 0 Å². The standard InChI is InChI=1S/C22H16Cl2FNO/c1-13-8-17(25)11-19-15(12-26-22(13)19)9-14-2-7-21(20(24)10-14)27-18-5-3-16(23)4-6-18/h2-8,10-12,26H,9H2,1H3. The molecule has 0 amide bonds. The smallest absolute Gasteiger partial charge is 0.146 e. The molecule has 0 radical (unpaired) electrons. The van der Waals surface area contributed by atoms with Crippen molar-refractivity contribution in [2.45, 2.75) is 13.3 Å². The highest BCUT2D eigenvalue weighted by molar-refractivity contribution is 6.32. The summed E-state index contributed by atoms with van der Waals surface area (Å²) in [6, 6.07) is 15.9. The number of aromatic nitrogens is 1. The number of halogens is 3. The molecule has 1 heterocycles. The molecule has 0 aliphatic rings. The van der Waals surface area contributed by atoms with Crippen LogP contribution in [0.15, 0.2) is 60.8 Å². The van der Waals surface area contributed by atoms with Crippen LogP contribution in [0, 0.1) is 12.7 Å². The molecule has 27 heavy (non-hydrogen) atoms. The number of H-pyrrole nitrogens is 1. The summed E-state index contributed by atoms with van der Waals surface area (Å²) in [6.45, 7) is 1.89. The molecule has 0 atom stereocenters. The Labute approximate surface area is 166 Å². The second kappa shape index (κ2) is 7.26. The Kier molecular flexibility index (Phi) is 4.81. The first-order valence-electron chi connectivity index (χ1n) is 8.47. The number of hydrogen-bond donors (Lipinski definition) is 1. The number of aryl methyl sites for hydroxylation is 1. The Morgan fingerprint density at radius 1 is 1.00 bits per heavy atom. The first-order chi connectivity index (χ1) is 13.0. The number of rotatable bonds is 4. The molecule has 0 unspecified atom stereocenters. The SMILES string of the molecule is Cc1cc(F)cc2c(Cc3ccc(Oc4ccc(Cl)cc4)c(Cl)c3)c[nH]c12. The van der Waals surface area contributed by atoms with Crippen molar-refractivity contribution in [3.8, 4) is 11.5 Å². The summed E-state index contributed by atoms with van der Waals surface area (Å²) in [5, 5.41) is 2.06. The van der Waals surface area contributed by atoms with E-state index < -0.39 is 0 Å². The van der Waals surface area contributed by atoms with Crippen molar-refractivity contribution < 1.29 is 9.13 Å². The molecule has 2 nitrogen and oxygen atoms in total. The molecule has 5 heteroatoms. The molecular weight excluding hydrogens is 384 g/mol. The van der Waals surface area contributed by atoms with Gasteiger partial charge in [-0.3, -0.25) is 0 Å².